The van der Waals surface area contributed by atoms with Crippen molar-refractivity contribution in [2.45, 2.75) is 6.54 Å². The number of halogens is 1. The minimum Gasteiger partial charge on any atom is -0.484 e. The van der Waals surface area contributed by atoms with Crippen LogP contribution in [0.3, 0.4) is 0 Å². The van der Waals surface area contributed by atoms with Gasteiger partial charge in [-0.25, -0.2) is 9.37 Å². The molecule has 1 aromatic heterocycles. The smallest absolute Gasteiger partial charge is 0.260 e. The fourth-order valence-corrected chi connectivity index (χ4v) is 4.08. The maximum Gasteiger partial charge on any atom is 0.260 e. The second kappa shape index (κ2) is 9.15. The van der Waals surface area contributed by atoms with Crippen LogP contribution in [0.2, 0.25) is 0 Å². The Balaban J connectivity index is 1.25. The normalized spacial score (nSPS) is 14.7. The highest BCUT2D eigenvalue weighted by Gasteiger charge is 2.22. The van der Waals surface area contributed by atoms with Crippen molar-refractivity contribution in [3.05, 3.63) is 70.8 Å². The summed E-state index contributed by atoms with van der Waals surface area (Å²) in [4.78, 5) is 21.2. The Labute approximate surface area is 173 Å². The zero-order valence-electron chi connectivity index (χ0n) is 16.0. The highest BCUT2D eigenvalue weighted by molar-refractivity contribution is 7.09. The first-order valence-corrected chi connectivity index (χ1v) is 10.4. The molecule has 0 N–H and O–H groups in total. The summed E-state index contributed by atoms with van der Waals surface area (Å²) < 4.78 is 18.6. The lowest BCUT2D eigenvalue weighted by molar-refractivity contribution is -0.135. The molecule has 150 valence electrons. The number of carbonyl (C=O) groups is 1. The fourth-order valence-electron chi connectivity index (χ4n) is 3.24. The van der Waals surface area contributed by atoms with Crippen LogP contribution in [0, 0.1) is 5.82 Å². The molecule has 1 fully saturated rings. The Morgan fingerprint density at radius 1 is 1.03 bits per heavy atom. The maximum atomic E-state index is 13.1. The lowest BCUT2D eigenvalue weighted by Gasteiger charge is -2.34. The van der Waals surface area contributed by atoms with E-state index in [1.54, 1.807) is 23.5 Å². The molecule has 0 radical (unpaired) electrons. The number of carbonyl (C=O) groups excluding carboxylic acids is 1. The molecule has 1 aliphatic rings. The minimum absolute atomic E-state index is 0.0151. The molecule has 29 heavy (non-hydrogen) atoms. The third kappa shape index (κ3) is 5.19. The van der Waals surface area contributed by atoms with Crippen molar-refractivity contribution in [1.82, 2.24) is 14.8 Å². The van der Waals surface area contributed by atoms with E-state index in [0.717, 1.165) is 35.9 Å². The summed E-state index contributed by atoms with van der Waals surface area (Å²) in [6, 6.07) is 15.8. The van der Waals surface area contributed by atoms with Crippen LogP contribution in [-0.2, 0) is 11.3 Å². The number of hydrogen-bond donors (Lipinski definition) is 0. The van der Waals surface area contributed by atoms with Crippen LogP contribution in [0.5, 0.6) is 5.75 Å². The van der Waals surface area contributed by atoms with Gasteiger partial charge in [0.05, 0.1) is 12.2 Å². The molecule has 2 aromatic carbocycles. The third-order valence-electron chi connectivity index (χ3n) is 4.88. The average Bonchev–Trinajstić information content (AvgIpc) is 3.22. The van der Waals surface area contributed by atoms with Crippen molar-refractivity contribution >= 4 is 17.2 Å². The van der Waals surface area contributed by atoms with Crippen LogP contribution in [0.1, 0.15) is 5.01 Å². The lowest BCUT2D eigenvalue weighted by atomic mass is 10.2. The van der Waals surface area contributed by atoms with E-state index in [0.29, 0.717) is 18.8 Å². The Morgan fingerprint density at radius 2 is 1.76 bits per heavy atom. The minimum atomic E-state index is -0.245. The molecule has 1 aliphatic heterocycles. The van der Waals surface area contributed by atoms with Crippen LogP contribution in [0.4, 0.5) is 4.39 Å². The van der Waals surface area contributed by atoms with Gasteiger partial charge in [0.25, 0.3) is 5.91 Å². The van der Waals surface area contributed by atoms with Crippen LogP contribution in [0.25, 0.3) is 11.3 Å². The van der Waals surface area contributed by atoms with E-state index < -0.39 is 0 Å². The van der Waals surface area contributed by atoms with Gasteiger partial charge in [0.1, 0.15) is 16.6 Å². The summed E-state index contributed by atoms with van der Waals surface area (Å²) in [6.45, 7) is 3.82. The van der Waals surface area contributed by atoms with Crippen LogP contribution in [-0.4, -0.2) is 53.5 Å². The van der Waals surface area contributed by atoms with Gasteiger partial charge in [-0.05, 0) is 36.4 Å². The van der Waals surface area contributed by atoms with E-state index in [1.807, 2.05) is 40.6 Å². The molecule has 0 atom stereocenters. The quantitative estimate of drug-likeness (QED) is 0.621. The number of benzene rings is 2. The van der Waals surface area contributed by atoms with Crippen molar-refractivity contribution in [2.75, 3.05) is 32.8 Å². The van der Waals surface area contributed by atoms with E-state index >= 15 is 0 Å². The molecule has 1 amide bonds. The molecule has 5 nitrogen and oxygen atoms in total. The number of aromatic nitrogens is 1. The Morgan fingerprint density at radius 3 is 2.48 bits per heavy atom. The largest absolute Gasteiger partial charge is 0.484 e. The number of piperazine rings is 1. The molecule has 2 heterocycles. The van der Waals surface area contributed by atoms with Crippen molar-refractivity contribution in [2.24, 2.45) is 0 Å². The predicted octanol–water partition coefficient (Wildman–Crippen LogP) is 3.67. The van der Waals surface area contributed by atoms with E-state index in [1.165, 1.54) is 12.1 Å². The number of amides is 1. The topological polar surface area (TPSA) is 45.7 Å². The molecule has 4 rings (SSSR count). The molecule has 3 aromatic rings. The van der Waals surface area contributed by atoms with Gasteiger partial charge in [0.15, 0.2) is 6.61 Å². The number of hydrogen-bond acceptors (Lipinski definition) is 5. The fraction of sp³-hybridized carbons (Fsp3) is 0.273. The first-order chi connectivity index (χ1) is 14.2. The standard InChI is InChI=1S/C22H22FN3O2S/c23-18-8-6-17(7-9-18)20-16-29-21(24-20)14-25-10-12-26(13-11-25)22(27)15-28-19-4-2-1-3-5-19/h1-9,16H,10-15H2. The molecule has 0 aliphatic carbocycles. The van der Waals surface area contributed by atoms with Gasteiger partial charge in [-0.3, -0.25) is 9.69 Å². The van der Waals surface area contributed by atoms with Gasteiger partial charge in [-0.15, -0.1) is 11.3 Å². The molecular formula is C22H22FN3O2S. The van der Waals surface area contributed by atoms with Crippen molar-refractivity contribution in [3.63, 3.8) is 0 Å². The summed E-state index contributed by atoms with van der Waals surface area (Å²) in [5.41, 5.74) is 1.79. The predicted molar refractivity (Wildman–Crippen MR) is 111 cm³/mol. The van der Waals surface area contributed by atoms with Gasteiger partial charge in [0.2, 0.25) is 0 Å². The molecule has 0 saturated carbocycles. The van der Waals surface area contributed by atoms with Crippen molar-refractivity contribution in [3.8, 4) is 17.0 Å². The maximum absolute atomic E-state index is 13.1. The highest BCUT2D eigenvalue weighted by atomic mass is 32.1. The highest BCUT2D eigenvalue weighted by Crippen LogP contribution is 2.23. The second-order valence-electron chi connectivity index (χ2n) is 6.89. The molecular weight excluding hydrogens is 389 g/mol. The second-order valence-corrected chi connectivity index (χ2v) is 7.83. The van der Waals surface area contributed by atoms with Crippen molar-refractivity contribution in [1.29, 1.82) is 0 Å². The SMILES string of the molecule is O=C(COc1ccccc1)N1CCN(Cc2nc(-c3ccc(F)cc3)cs2)CC1. The van der Waals surface area contributed by atoms with Crippen LogP contribution >= 0.6 is 11.3 Å². The van der Waals surface area contributed by atoms with E-state index in [-0.39, 0.29) is 18.3 Å². The van der Waals surface area contributed by atoms with E-state index in [9.17, 15) is 9.18 Å². The van der Waals surface area contributed by atoms with E-state index in [2.05, 4.69) is 9.88 Å². The molecule has 0 spiro atoms. The lowest BCUT2D eigenvalue weighted by Crippen LogP contribution is -2.49. The van der Waals surface area contributed by atoms with Gasteiger partial charge in [-0.1, -0.05) is 18.2 Å². The third-order valence-corrected chi connectivity index (χ3v) is 5.71. The molecule has 7 heteroatoms. The van der Waals surface area contributed by atoms with E-state index in [4.69, 9.17) is 4.74 Å². The Hall–Kier alpha value is -2.77. The first-order valence-electron chi connectivity index (χ1n) is 9.56. The van der Waals surface area contributed by atoms with Crippen molar-refractivity contribution < 1.29 is 13.9 Å². The van der Waals surface area contributed by atoms with Gasteiger partial charge in [0, 0.05) is 37.1 Å². The number of para-hydroxylation sites is 1. The molecule has 0 unspecified atom stereocenters. The van der Waals surface area contributed by atoms with Crippen LogP contribution < -0.4 is 4.74 Å². The number of ether oxygens (including phenoxy) is 1. The molecule has 1 saturated heterocycles. The average molecular weight is 412 g/mol. The van der Waals surface area contributed by atoms with Gasteiger partial charge >= 0.3 is 0 Å². The Bertz CT molecular complexity index is 938. The first kappa shape index (κ1) is 19.5. The summed E-state index contributed by atoms with van der Waals surface area (Å²) in [7, 11) is 0. The zero-order chi connectivity index (χ0) is 20.1. The number of nitrogens with zero attached hydrogens (tertiary/aromatic N) is 3. The number of rotatable bonds is 6. The molecule has 0 bridgehead atoms. The zero-order valence-corrected chi connectivity index (χ0v) is 16.8. The summed E-state index contributed by atoms with van der Waals surface area (Å²) in [5.74, 6) is 0.479. The monoisotopic (exact) mass is 411 g/mol. The van der Waals surface area contributed by atoms with Gasteiger partial charge in [-0.2, -0.15) is 0 Å². The summed E-state index contributed by atoms with van der Waals surface area (Å²) in [6.07, 6.45) is 0. The summed E-state index contributed by atoms with van der Waals surface area (Å²) >= 11 is 1.61. The van der Waals surface area contributed by atoms with Gasteiger partial charge < -0.3 is 9.64 Å². The van der Waals surface area contributed by atoms with Crippen LogP contribution in [0.15, 0.2) is 60.0 Å². The Kier molecular flexibility index (Phi) is 6.17. The number of thiazole rings is 1. The summed E-state index contributed by atoms with van der Waals surface area (Å²) in [5, 5.41) is 3.03.